The third kappa shape index (κ3) is 3.94. The van der Waals surface area contributed by atoms with Crippen molar-refractivity contribution in [1.82, 2.24) is 15.3 Å². The Kier molecular flexibility index (Phi) is 5.24. The molecule has 0 bridgehead atoms. The Morgan fingerprint density at radius 2 is 2.24 bits per heavy atom. The van der Waals surface area contributed by atoms with Crippen LogP contribution in [0, 0.1) is 6.92 Å². The van der Waals surface area contributed by atoms with E-state index in [1.54, 1.807) is 12.3 Å². The zero-order chi connectivity index (χ0) is 17.8. The van der Waals surface area contributed by atoms with E-state index < -0.39 is 6.10 Å². The SMILES string of the molecule is CCC(Oc1ncc(C)cc1Cl)C(=O)NCc1cccc2[nH]ccc12. The minimum absolute atomic E-state index is 0.187. The minimum atomic E-state index is -0.641. The van der Waals surface area contributed by atoms with E-state index in [0.717, 1.165) is 22.0 Å². The summed E-state index contributed by atoms with van der Waals surface area (Å²) in [5, 5.41) is 4.44. The molecule has 2 N–H and O–H groups in total. The van der Waals surface area contributed by atoms with Gasteiger partial charge in [0.1, 0.15) is 5.02 Å². The molecule has 5 nitrogen and oxygen atoms in total. The van der Waals surface area contributed by atoms with Crippen LogP contribution in [0.25, 0.3) is 10.9 Å². The van der Waals surface area contributed by atoms with Crippen LogP contribution >= 0.6 is 11.6 Å². The molecular weight excluding hydrogens is 338 g/mol. The highest BCUT2D eigenvalue weighted by atomic mass is 35.5. The summed E-state index contributed by atoms with van der Waals surface area (Å²) in [5.41, 5.74) is 3.04. The minimum Gasteiger partial charge on any atom is -0.463 e. The van der Waals surface area contributed by atoms with Gasteiger partial charge in [0.25, 0.3) is 5.91 Å². The number of halogens is 1. The summed E-state index contributed by atoms with van der Waals surface area (Å²) < 4.78 is 5.71. The van der Waals surface area contributed by atoms with Crippen LogP contribution in [0.2, 0.25) is 5.02 Å². The lowest BCUT2D eigenvalue weighted by Gasteiger charge is -2.17. The fourth-order valence-electron chi connectivity index (χ4n) is 2.67. The molecule has 0 spiro atoms. The zero-order valence-corrected chi connectivity index (χ0v) is 14.9. The van der Waals surface area contributed by atoms with Gasteiger partial charge in [0.15, 0.2) is 6.10 Å². The number of carbonyl (C=O) groups is 1. The topological polar surface area (TPSA) is 67.0 Å². The summed E-state index contributed by atoms with van der Waals surface area (Å²) in [5.74, 6) is 0.0930. The summed E-state index contributed by atoms with van der Waals surface area (Å²) in [4.78, 5) is 19.8. The molecule has 1 amide bonds. The summed E-state index contributed by atoms with van der Waals surface area (Å²) in [7, 11) is 0. The van der Waals surface area contributed by atoms with E-state index in [4.69, 9.17) is 16.3 Å². The van der Waals surface area contributed by atoms with Gasteiger partial charge in [-0.15, -0.1) is 0 Å². The summed E-state index contributed by atoms with van der Waals surface area (Å²) in [6.07, 6.45) is 3.43. The van der Waals surface area contributed by atoms with Crippen molar-refractivity contribution in [2.45, 2.75) is 32.9 Å². The molecule has 0 saturated carbocycles. The van der Waals surface area contributed by atoms with Crippen molar-refractivity contribution < 1.29 is 9.53 Å². The number of H-pyrrole nitrogens is 1. The van der Waals surface area contributed by atoms with Crippen molar-refractivity contribution in [3.05, 3.63) is 58.9 Å². The molecule has 3 rings (SSSR count). The van der Waals surface area contributed by atoms with E-state index >= 15 is 0 Å². The molecule has 0 fully saturated rings. The second-order valence-corrected chi connectivity index (χ2v) is 6.30. The van der Waals surface area contributed by atoms with Gasteiger partial charge in [0.2, 0.25) is 5.88 Å². The van der Waals surface area contributed by atoms with E-state index in [0.29, 0.717) is 18.0 Å². The fourth-order valence-corrected chi connectivity index (χ4v) is 2.93. The van der Waals surface area contributed by atoms with E-state index in [1.807, 2.05) is 44.3 Å². The Bertz CT molecular complexity index is 891. The standard InChI is InChI=1S/C19H20ClN3O2/c1-3-17(25-19-15(20)9-12(2)10-23-19)18(24)22-11-13-5-4-6-16-14(13)7-8-21-16/h4-10,17,21H,3,11H2,1-2H3,(H,22,24). The van der Waals surface area contributed by atoms with Crippen LogP contribution < -0.4 is 10.1 Å². The highest BCUT2D eigenvalue weighted by Gasteiger charge is 2.20. The smallest absolute Gasteiger partial charge is 0.261 e. The summed E-state index contributed by atoms with van der Waals surface area (Å²) in [6, 6.07) is 9.73. The second-order valence-electron chi connectivity index (χ2n) is 5.89. The Hall–Kier alpha value is -2.53. The maximum absolute atomic E-state index is 12.5. The van der Waals surface area contributed by atoms with Crippen molar-refractivity contribution >= 4 is 28.4 Å². The molecule has 0 radical (unpaired) electrons. The normalized spacial score (nSPS) is 12.1. The third-order valence-corrected chi connectivity index (χ3v) is 4.27. The van der Waals surface area contributed by atoms with Crippen molar-refractivity contribution in [2.24, 2.45) is 0 Å². The highest BCUT2D eigenvalue weighted by molar-refractivity contribution is 6.31. The van der Waals surface area contributed by atoms with Gasteiger partial charge in [0.05, 0.1) is 0 Å². The number of rotatable bonds is 6. The van der Waals surface area contributed by atoms with Crippen LogP contribution in [-0.4, -0.2) is 22.0 Å². The molecule has 1 aromatic carbocycles. The zero-order valence-electron chi connectivity index (χ0n) is 14.2. The first-order chi connectivity index (χ1) is 12.1. The monoisotopic (exact) mass is 357 g/mol. The first-order valence-electron chi connectivity index (χ1n) is 8.20. The van der Waals surface area contributed by atoms with Crippen molar-refractivity contribution in [3.63, 3.8) is 0 Å². The van der Waals surface area contributed by atoms with Gasteiger partial charge in [-0.25, -0.2) is 4.98 Å². The number of ether oxygens (including phenoxy) is 1. The molecule has 0 aliphatic rings. The molecular formula is C19H20ClN3O2. The number of hydrogen-bond donors (Lipinski definition) is 2. The van der Waals surface area contributed by atoms with Gasteiger partial charge < -0.3 is 15.0 Å². The molecule has 130 valence electrons. The Morgan fingerprint density at radius 1 is 1.40 bits per heavy atom. The number of carbonyl (C=O) groups excluding carboxylic acids is 1. The second kappa shape index (κ2) is 7.57. The van der Waals surface area contributed by atoms with Crippen molar-refractivity contribution in [1.29, 1.82) is 0 Å². The lowest BCUT2D eigenvalue weighted by Crippen LogP contribution is -2.37. The molecule has 3 aromatic rings. The first-order valence-corrected chi connectivity index (χ1v) is 8.57. The molecule has 0 saturated heterocycles. The van der Waals surface area contributed by atoms with Crippen LogP contribution in [0.4, 0.5) is 0 Å². The fraction of sp³-hybridized carbons (Fsp3) is 0.263. The molecule has 1 unspecified atom stereocenters. The van der Waals surface area contributed by atoms with E-state index in [9.17, 15) is 4.79 Å². The first kappa shape index (κ1) is 17.3. The van der Waals surface area contributed by atoms with E-state index in [2.05, 4.69) is 15.3 Å². The summed E-state index contributed by atoms with van der Waals surface area (Å²) >= 11 is 6.14. The van der Waals surface area contributed by atoms with Gasteiger partial charge in [-0.05, 0) is 42.7 Å². The Morgan fingerprint density at radius 3 is 3.00 bits per heavy atom. The van der Waals surface area contributed by atoms with Crippen LogP contribution in [0.3, 0.4) is 0 Å². The molecule has 6 heteroatoms. The predicted octanol–water partition coefficient (Wildman–Crippen LogP) is 4.00. The molecule has 25 heavy (non-hydrogen) atoms. The van der Waals surface area contributed by atoms with Crippen LogP contribution in [0.1, 0.15) is 24.5 Å². The van der Waals surface area contributed by atoms with Crippen molar-refractivity contribution in [2.75, 3.05) is 0 Å². The molecule has 2 aromatic heterocycles. The number of hydrogen-bond acceptors (Lipinski definition) is 3. The number of aromatic nitrogens is 2. The van der Waals surface area contributed by atoms with Crippen molar-refractivity contribution in [3.8, 4) is 5.88 Å². The molecule has 1 atom stereocenters. The molecule has 0 aliphatic carbocycles. The van der Waals surface area contributed by atoms with Gasteiger partial charge in [-0.1, -0.05) is 30.7 Å². The van der Waals surface area contributed by atoms with Gasteiger partial charge >= 0.3 is 0 Å². The van der Waals surface area contributed by atoms with Crippen LogP contribution in [-0.2, 0) is 11.3 Å². The van der Waals surface area contributed by atoms with Crippen LogP contribution in [0.5, 0.6) is 5.88 Å². The average molecular weight is 358 g/mol. The van der Waals surface area contributed by atoms with E-state index in [1.165, 1.54) is 0 Å². The highest BCUT2D eigenvalue weighted by Crippen LogP contribution is 2.24. The third-order valence-electron chi connectivity index (χ3n) is 4.00. The molecule has 0 aliphatic heterocycles. The maximum Gasteiger partial charge on any atom is 0.261 e. The summed E-state index contributed by atoms with van der Waals surface area (Å²) in [6.45, 7) is 4.22. The maximum atomic E-state index is 12.5. The van der Waals surface area contributed by atoms with Gasteiger partial charge in [-0.2, -0.15) is 0 Å². The average Bonchev–Trinajstić information content (AvgIpc) is 3.08. The number of nitrogens with zero attached hydrogens (tertiary/aromatic N) is 1. The Balaban J connectivity index is 1.67. The molecule has 2 heterocycles. The lowest BCUT2D eigenvalue weighted by atomic mass is 10.1. The largest absolute Gasteiger partial charge is 0.463 e. The van der Waals surface area contributed by atoms with Crippen LogP contribution in [0.15, 0.2) is 42.7 Å². The van der Waals surface area contributed by atoms with Gasteiger partial charge in [0, 0.05) is 29.8 Å². The number of aromatic amines is 1. The van der Waals surface area contributed by atoms with E-state index in [-0.39, 0.29) is 11.8 Å². The number of amides is 1. The quantitative estimate of drug-likeness (QED) is 0.700. The lowest BCUT2D eigenvalue weighted by molar-refractivity contribution is -0.128. The van der Waals surface area contributed by atoms with Gasteiger partial charge in [-0.3, -0.25) is 4.79 Å². The number of benzene rings is 1. The Labute approximate surface area is 151 Å². The number of pyridine rings is 1. The number of fused-ring (bicyclic) bond motifs is 1. The number of aryl methyl sites for hydroxylation is 1. The number of nitrogens with one attached hydrogen (secondary N) is 2. The predicted molar refractivity (Wildman–Crippen MR) is 98.8 cm³/mol.